The summed E-state index contributed by atoms with van der Waals surface area (Å²) in [4.78, 5) is 24.9. The summed E-state index contributed by atoms with van der Waals surface area (Å²) < 4.78 is 5.80. The van der Waals surface area contributed by atoms with Crippen molar-refractivity contribution in [3.8, 4) is 11.3 Å². The van der Waals surface area contributed by atoms with Crippen LogP contribution in [0.25, 0.3) is 17.4 Å². The van der Waals surface area contributed by atoms with Crippen molar-refractivity contribution in [3.63, 3.8) is 0 Å². The van der Waals surface area contributed by atoms with E-state index in [0.717, 1.165) is 11.1 Å². The number of hydrogen-bond donors (Lipinski definition) is 2. The van der Waals surface area contributed by atoms with Gasteiger partial charge in [-0.05, 0) is 73.2 Å². The normalized spacial score (nSPS) is 11.0. The van der Waals surface area contributed by atoms with Crippen LogP contribution in [0.3, 0.4) is 0 Å². The topological polar surface area (TPSA) is 71.3 Å². The fourth-order valence-corrected chi connectivity index (χ4v) is 3.91. The molecule has 0 aliphatic carbocycles. The van der Waals surface area contributed by atoms with E-state index in [1.807, 2.05) is 31.2 Å². The maximum atomic E-state index is 12.5. The second-order valence-electron chi connectivity index (χ2n) is 7.65. The van der Waals surface area contributed by atoms with Crippen molar-refractivity contribution in [1.82, 2.24) is 0 Å². The standard InChI is InChI=1S/C27H19Cl3N2O3/c1-16-5-6-17(13-23(16)29)25-11-8-21(35-25)9-12-26(33)31-19-3-2-4-20(15-19)32-27(34)22-10-7-18(28)14-24(22)30/h2-15H,1H3,(H,31,33)(H,32,34)/b12-9+. The van der Waals surface area contributed by atoms with Crippen molar-refractivity contribution in [2.45, 2.75) is 6.92 Å². The Balaban J connectivity index is 1.39. The zero-order chi connectivity index (χ0) is 24.9. The van der Waals surface area contributed by atoms with Gasteiger partial charge in [-0.2, -0.15) is 0 Å². The molecule has 2 amide bonds. The summed E-state index contributed by atoms with van der Waals surface area (Å²) in [6, 6.07) is 20.7. The number of rotatable bonds is 6. The van der Waals surface area contributed by atoms with E-state index in [2.05, 4.69) is 10.6 Å². The highest BCUT2D eigenvalue weighted by atomic mass is 35.5. The van der Waals surface area contributed by atoms with Crippen LogP contribution in [0.4, 0.5) is 11.4 Å². The number of carbonyl (C=O) groups is 2. The predicted molar refractivity (Wildman–Crippen MR) is 142 cm³/mol. The summed E-state index contributed by atoms with van der Waals surface area (Å²) in [7, 11) is 0. The van der Waals surface area contributed by atoms with E-state index in [9.17, 15) is 9.59 Å². The highest BCUT2D eigenvalue weighted by Crippen LogP contribution is 2.27. The third-order valence-corrected chi connectivity index (χ3v) is 6.00. The number of furan rings is 1. The van der Waals surface area contributed by atoms with Crippen molar-refractivity contribution in [2.75, 3.05) is 10.6 Å². The summed E-state index contributed by atoms with van der Waals surface area (Å²) in [5, 5.41) is 6.86. The van der Waals surface area contributed by atoms with Gasteiger partial charge >= 0.3 is 0 Å². The van der Waals surface area contributed by atoms with Gasteiger partial charge in [0, 0.05) is 33.1 Å². The van der Waals surface area contributed by atoms with Gasteiger partial charge in [0.05, 0.1) is 10.6 Å². The molecule has 0 atom stereocenters. The van der Waals surface area contributed by atoms with Crippen molar-refractivity contribution in [1.29, 1.82) is 0 Å². The molecule has 0 radical (unpaired) electrons. The molecule has 176 valence electrons. The lowest BCUT2D eigenvalue weighted by molar-refractivity contribution is -0.111. The molecule has 0 unspecified atom stereocenters. The Morgan fingerprint density at radius 3 is 2.34 bits per heavy atom. The molecule has 2 N–H and O–H groups in total. The van der Waals surface area contributed by atoms with Crippen LogP contribution < -0.4 is 10.6 Å². The second kappa shape index (κ2) is 10.8. The van der Waals surface area contributed by atoms with Crippen LogP contribution in [0.5, 0.6) is 0 Å². The SMILES string of the molecule is Cc1ccc(-c2ccc(/C=C/C(=O)Nc3cccc(NC(=O)c4ccc(Cl)cc4Cl)c3)o2)cc1Cl. The minimum absolute atomic E-state index is 0.246. The molecule has 0 spiro atoms. The van der Waals surface area contributed by atoms with E-state index >= 15 is 0 Å². The molecule has 1 heterocycles. The van der Waals surface area contributed by atoms with Gasteiger partial charge in [-0.1, -0.05) is 53.0 Å². The highest BCUT2D eigenvalue weighted by Gasteiger charge is 2.12. The van der Waals surface area contributed by atoms with E-state index in [4.69, 9.17) is 39.2 Å². The first-order valence-corrected chi connectivity index (χ1v) is 11.6. The molecule has 3 aromatic carbocycles. The van der Waals surface area contributed by atoms with Crippen LogP contribution in [-0.2, 0) is 4.79 Å². The minimum Gasteiger partial charge on any atom is -0.457 e. The number of carbonyl (C=O) groups excluding carboxylic acids is 2. The summed E-state index contributed by atoms with van der Waals surface area (Å²) in [6.45, 7) is 1.93. The maximum absolute atomic E-state index is 12.5. The molecule has 4 aromatic rings. The van der Waals surface area contributed by atoms with E-state index in [1.165, 1.54) is 12.1 Å². The van der Waals surface area contributed by atoms with Crippen LogP contribution >= 0.6 is 34.8 Å². The van der Waals surface area contributed by atoms with Crippen molar-refractivity contribution >= 4 is 64.1 Å². The van der Waals surface area contributed by atoms with Crippen LogP contribution in [0.15, 0.2) is 83.3 Å². The summed E-state index contributed by atoms with van der Waals surface area (Å²) >= 11 is 18.2. The number of anilines is 2. The summed E-state index contributed by atoms with van der Waals surface area (Å²) in [6.07, 6.45) is 2.94. The molecule has 0 aliphatic rings. The van der Waals surface area contributed by atoms with Crippen LogP contribution in [0.2, 0.25) is 15.1 Å². The van der Waals surface area contributed by atoms with Gasteiger partial charge in [0.2, 0.25) is 5.91 Å². The van der Waals surface area contributed by atoms with Crippen LogP contribution in [0, 0.1) is 6.92 Å². The third kappa shape index (κ3) is 6.34. The minimum atomic E-state index is -0.390. The maximum Gasteiger partial charge on any atom is 0.257 e. The Morgan fingerprint density at radius 1 is 0.829 bits per heavy atom. The number of aryl methyl sites for hydroxylation is 1. The quantitative estimate of drug-likeness (QED) is 0.250. The summed E-state index contributed by atoms with van der Waals surface area (Å²) in [5.74, 6) is 0.424. The predicted octanol–water partition coefficient (Wildman–Crippen LogP) is 8.12. The van der Waals surface area contributed by atoms with Gasteiger partial charge in [-0.3, -0.25) is 9.59 Å². The first kappa shape index (κ1) is 24.6. The number of hydrogen-bond acceptors (Lipinski definition) is 3. The van der Waals surface area contributed by atoms with Crippen molar-refractivity contribution in [2.24, 2.45) is 0 Å². The molecule has 0 bridgehead atoms. The molecule has 8 heteroatoms. The molecule has 0 saturated carbocycles. The van der Waals surface area contributed by atoms with Gasteiger partial charge in [0.1, 0.15) is 11.5 Å². The Bertz CT molecular complexity index is 1440. The van der Waals surface area contributed by atoms with Gasteiger partial charge in [-0.15, -0.1) is 0 Å². The van der Waals surface area contributed by atoms with E-state index < -0.39 is 5.91 Å². The molecule has 4 rings (SSSR count). The molecular weight excluding hydrogens is 507 g/mol. The lowest BCUT2D eigenvalue weighted by Gasteiger charge is -2.09. The van der Waals surface area contributed by atoms with Crippen molar-refractivity contribution < 1.29 is 14.0 Å². The van der Waals surface area contributed by atoms with Gasteiger partial charge in [-0.25, -0.2) is 0 Å². The van der Waals surface area contributed by atoms with Crippen LogP contribution in [0.1, 0.15) is 21.7 Å². The first-order chi connectivity index (χ1) is 16.8. The Labute approximate surface area is 217 Å². The van der Waals surface area contributed by atoms with E-state index in [1.54, 1.807) is 48.5 Å². The lowest BCUT2D eigenvalue weighted by Crippen LogP contribution is -2.13. The molecule has 0 aliphatic heterocycles. The smallest absolute Gasteiger partial charge is 0.257 e. The molecule has 5 nitrogen and oxygen atoms in total. The Hall–Kier alpha value is -3.51. The third-order valence-electron chi connectivity index (χ3n) is 5.05. The number of amides is 2. The average Bonchev–Trinajstić information content (AvgIpc) is 3.29. The second-order valence-corrected chi connectivity index (χ2v) is 8.90. The van der Waals surface area contributed by atoms with Crippen molar-refractivity contribution in [3.05, 3.63) is 111 Å². The average molecular weight is 526 g/mol. The zero-order valence-corrected chi connectivity index (χ0v) is 20.7. The lowest BCUT2D eigenvalue weighted by atomic mass is 10.1. The monoisotopic (exact) mass is 524 g/mol. The van der Waals surface area contributed by atoms with E-state index in [-0.39, 0.29) is 10.9 Å². The fourth-order valence-electron chi connectivity index (χ4n) is 3.23. The zero-order valence-electron chi connectivity index (χ0n) is 18.4. The van der Waals surface area contributed by atoms with Gasteiger partial charge in [0.25, 0.3) is 5.91 Å². The Morgan fingerprint density at radius 2 is 1.60 bits per heavy atom. The van der Waals surface area contributed by atoms with Crippen LogP contribution in [-0.4, -0.2) is 11.8 Å². The van der Waals surface area contributed by atoms with Gasteiger partial charge < -0.3 is 15.1 Å². The number of benzene rings is 3. The molecule has 0 saturated heterocycles. The summed E-state index contributed by atoms with van der Waals surface area (Å²) in [5.41, 5.74) is 3.13. The number of nitrogens with one attached hydrogen (secondary N) is 2. The fraction of sp³-hybridized carbons (Fsp3) is 0.0370. The van der Waals surface area contributed by atoms with E-state index in [0.29, 0.717) is 38.5 Å². The molecular formula is C27H19Cl3N2O3. The Kier molecular flexibility index (Phi) is 7.61. The molecule has 35 heavy (non-hydrogen) atoms. The highest BCUT2D eigenvalue weighted by molar-refractivity contribution is 6.37. The number of halogens is 3. The first-order valence-electron chi connectivity index (χ1n) is 10.5. The molecule has 1 aromatic heterocycles. The van der Waals surface area contributed by atoms with Gasteiger partial charge in [0.15, 0.2) is 0 Å². The largest absolute Gasteiger partial charge is 0.457 e. The molecule has 0 fully saturated rings.